The second-order valence-corrected chi connectivity index (χ2v) is 7.35. The summed E-state index contributed by atoms with van der Waals surface area (Å²) in [5, 5.41) is 15.5. The van der Waals surface area contributed by atoms with Gasteiger partial charge in [-0.15, -0.1) is 23.5 Å². The maximum absolute atomic E-state index is 5.12. The van der Waals surface area contributed by atoms with Gasteiger partial charge in [-0.25, -0.2) is 0 Å². The largest absolute Gasteiger partial charge is 2.00 e. The van der Waals surface area contributed by atoms with Crippen LogP contribution in [0.1, 0.15) is 25.4 Å². The van der Waals surface area contributed by atoms with E-state index < -0.39 is 0 Å². The number of rotatable bonds is 4. The summed E-state index contributed by atoms with van der Waals surface area (Å²) in [6, 6.07) is 7.27. The Morgan fingerprint density at radius 3 is 1.41 bits per heavy atom. The molecule has 11 heteroatoms. The number of hydrogen-bond donors (Lipinski definition) is 0. The van der Waals surface area contributed by atoms with Gasteiger partial charge in [-0.05, 0) is 59.4 Å². The molecule has 0 aliphatic rings. The Morgan fingerprint density at radius 1 is 0.778 bits per heavy atom. The number of nitrogens with zero attached hydrogens (tertiary/aromatic N) is 4. The fraction of sp³-hybridized carbons (Fsp3) is 0.250. The van der Waals surface area contributed by atoms with Crippen molar-refractivity contribution in [3.8, 4) is 0 Å². The maximum Gasteiger partial charge on any atom is 2.00 e. The molecule has 0 fully saturated rings. The second-order valence-electron chi connectivity index (χ2n) is 4.47. The molecule has 0 unspecified atom stereocenters. The molecule has 27 heavy (non-hydrogen) atoms. The van der Waals surface area contributed by atoms with E-state index in [0.717, 1.165) is 11.4 Å². The van der Waals surface area contributed by atoms with Crippen molar-refractivity contribution in [1.82, 2.24) is 0 Å². The third-order valence-corrected chi connectivity index (χ3v) is 4.69. The van der Waals surface area contributed by atoms with Crippen molar-refractivity contribution < 1.29 is 25.6 Å². The van der Waals surface area contributed by atoms with Crippen LogP contribution in [-0.4, -0.2) is 32.7 Å². The summed E-state index contributed by atoms with van der Waals surface area (Å²) in [6.45, 7) is 3.65. The number of furan rings is 2. The van der Waals surface area contributed by atoms with Crippen LogP contribution in [0.5, 0.6) is 0 Å². The molecule has 0 spiro atoms. The smallest absolute Gasteiger partial charge is 0.752 e. The fourth-order valence-electron chi connectivity index (χ4n) is 1.38. The third-order valence-electron chi connectivity index (χ3n) is 2.67. The Morgan fingerprint density at radius 2 is 1.15 bits per heavy atom. The fourth-order valence-corrected chi connectivity index (χ4v) is 1.71. The van der Waals surface area contributed by atoms with Crippen LogP contribution in [-0.2, 0) is 42.0 Å². The van der Waals surface area contributed by atoms with Crippen molar-refractivity contribution in [2.45, 2.75) is 13.8 Å². The first-order chi connectivity index (χ1) is 12.5. The SMILES string of the molecule is CS/C([S-])=N/N=C(\C)c1ccco1.CS/C([S-])=N/N=C(\C)c1ccco1.[Co+2]. The molecule has 2 heterocycles. The molecule has 2 rings (SSSR count). The number of hydrogen-bond acceptors (Lipinski definition) is 10. The monoisotopic (exact) mass is 485 g/mol. The van der Waals surface area contributed by atoms with Gasteiger partial charge in [-0.3, -0.25) is 0 Å². The van der Waals surface area contributed by atoms with E-state index in [-0.39, 0.29) is 16.8 Å². The predicted octanol–water partition coefficient (Wildman–Crippen LogP) is 4.54. The van der Waals surface area contributed by atoms with E-state index in [0.29, 0.717) is 20.3 Å². The molecule has 147 valence electrons. The van der Waals surface area contributed by atoms with E-state index in [1.54, 1.807) is 24.7 Å². The van der Waals surface area contributed by atoms with Gasteiger partial charge in [0.2, 0.25) is 0 Å². The summed E-state index contributed by atoms with van der Waals surface area (Å²) in [6.07, 6.45) is 6.93. The van der Waals surface area contributed by atoms with Crippen LogP contribution in [0.25, 0.3) is 0 Å². The van der Waals surface area contributed by atoms with Gasteiger partial charge < -0.3 is 34.1 Å². The quantitative estimate of drug-likeness (QED) is 0.274. The summed E-state index contributed by atoms with van der Waals surface area (Å²) in [7, 11) is 0. The minimum Gasteiger partial charge on any atom is -0.752 e. The molecular formula is C16H18CoN4O2S4. The van der Waals surface area contributed by atoms with Crippen LogP contribution in [0, 0.1) is 0 Å². The van der Waals surface area contributed by atoms with Gasteiger partial charge in [0.05, 0.1) is 12.5 Å². The Hall–Kier alpha value is -1.11. The molecule has 0 N–H and O–H groups in total. The van der Waals surface area contributed by atoms with E-state index in [4.69, 9.17) is 34.1 Å². The van der Waals surface area contributed by atoms with Crippen molar-refractivity contribution in [2.75, 3.05) is 12.5 Å². The van der Waals surface area contributed by atoms with Crippen molar-refractivity contribution in [3.05, 3.63) is 48.3 Å². The zero-order valence-electron chi connectivity index (χ0n) is 15.0. The summed E-state index contributed by atoms with van der Waals surface area (Å²) in [4.78, 5) is 0. The van der Waals surface area contributed by atoms with E-state index in [1.165, 1.54) is 23.5 Å². The first-order valence-corrected chi connectivity index (χ1v) is 10.5. The average Bonchev–Trinajstić information content (AvgIpc) is 3.37. The molecular weight excluding hydrogens is 467 g/mol. The molecule has 0 saturated heterocycles. The maximum atomic E-state index is 5.12. The normalized spacial score (nSPS) is 12.9. The van der Waals surface area contributed by atoms with Crippen LogP contribution >= 0.6 is 23.5 Å². The first kappa shape index (κ1) is 25.9. The Labute approximate surface area is 188 Å². The molecule has 6 nitrogen and oxygen atoms in total. The van der Waals surface area contributed by atoms with Gasteiger partial charge >= 0.3 is 16.8 Å². The predicted molar refractivity (Wildman–Crippen MR) is 118 cm³/mol. The zero-order valence-corrected chi connectivity index (χ0v) is 19.3. The third kappa shape index (κ3) is 10.7. The van der Waals surface area contributed by atoms with E-state index in [9.17, 15) is 0 Å². The van der Waals surface area contributed by atoms with E-state index in [2.05, 4.69) is 20.4 Å². The molecule has 0 aliphatic heterocycles. The summed E-state index contributed by atoms with van der Waals surface area (Å²) < 4.78 is 11.3. The molecule has 2 aromatic rings. The average molecular weight is 486 g/mol. The first-order valence-electron chi connectivity index (χ1n) is 7.22. The summed E-state index contributed by atoms with van der Waals surface area (Å²) >= 11 is 12.5. The van der Waals surface area contributed by atoms with Gasteiger partial charge in [0.1, 0.15) is 22.9 Å². The van der Waals surface area contributed by atoms with Crippen molar-refractivity contribution in [3.63, 3.8) is 0 Å². The molecule has 0 bridgehead atoms. The summed E-state index contributed by atoms with van der Waals surface area (Å²) in [5.74, 6) is 1.43. The van der Waals surface area contributed by atoms with Crippen molar-refractivity contribution in [2.24, 2.45) is 20.4 Å². The molecule has 0 amide bonds. The van der Waals surface area contributed by atoms with Gasteiger partial charge in [0.15, 0.2) is 0 Å². The Balaban J connectivity index is 0.000000483. The van der Waals surface area contributed by atoms with E-state index >= 15 is 0 Å². The van der Waals surface area contributed by atoms with Crippen LogP contribution < -0.4 is 0 Å². The molecule has 2 aromatic heterocycles. The van der Waals surface area contributed by atoms with Gasteiger partial charge in [0, 0.05) is 0 Å². The van der Waals surface area contributed by atoms with Crippen LogP contribution in [0.15, 0.2) is 66.0 Å². The molecule has 1 radical (unpaired) electrons. The molecule has 0 aliphatic carbocycles. The Bertz CT molecular complexity index is 706. The minimum atomic E-state index is 0. The standard InChI is InChI=1S/2C8H10N2OS2.Co/c2*1-6(7-4-3-5-11-7)9-10-8(12)13-2;/h2*3-5H,1-2H3,(H,10,12);/q;;+2/p-2/b2*9-6+;. The molecule has 0 saturated carbocycles. The van der Waals surface area contributed by atoms with Gasteiger partial charge in [-0.1, -0.05) is 0 Å². The van der Waals surface area contributed by atoms with E-state index in [1.807, 2.05) is 38.5 Å². The summed E-state index contributed by atoms with van der Waals surface area (Å²) in [5.41, 5.74) is 1.45. The Kier molecular flexibility index (Phi) is 14.3. The second kappa shape index (κ2) is 14.9. The van der Waals surface area contributed by atoms with Gasteiger partial charge in [0.25, 0.3) is 0 Å². The topological polar surface area (TPSA) is 75.7 Å². The number of thioether (sulfide) groups is 2. The van der Waals surface area contributed by atoms with Gasteiger partial charge in [-0.2, -0.15) is 20.4 Å². The van der Waals surface area contributed by atoms with Crippen LogP contribution in [0.2, 0.25) is 0 Å². The van der Waals surface area contributed by atoms with Crippen LogP contribution in [0.4, 0.5) is 0 Å². The van der Waals surface area contributed by atoms with Crippen LogP contribution in [0.3, 0.4) is 0 Å². The molecule has 0 aromatic carbocycles. The minimum absolute atomic E-state index is 0. The molecule has 0 atom stereocenters. The van der Waals surface area contributed by atoms with Crippen molar-refractivity contribution in [1.29, 1.82) is 0 Å². The van der Waals surface area contributed by atoms with Crippen molar-refractivity contribution >= 4 is 69.0 Å². The zero-order chi connectivity index (χ0) is 19.4.